The maximum Gasteiger partial charge on any atom is 0.229 e. The van der Waals surface area contributed by atoms with Crippen LogP contribution < -0.4 is 15.0 Å². The molecule has 6 heteroatoms. The molecule has 124 valence electrons. The predicted octanol–water partition coefficient (Wildman–Crippen LogP) is 2.83. The van der Waals surface area contributed by atoms with Crippen LogP contribution in [0.25, 0.3) is 0 Å². The second kappa shape index (κ2) is 6.70. The van der Waals surface area contributed by atoms with Crippen LogP contribution in [0.15, 0.2) is 48.5 Å². The van der Waals surface area contributed by atoms with Crippen molar-refractivity contribution in [3.63, 3.8) is 0 Å². The summed E-state index contributed by atoms with van der Waals surface area (Å²) in [6, 6.07) is 13.1. The van der Waals surface area contributed by atoms with E-state index in [2.05, 4.69) is 5.32 Å². The van der Waals surface area contributed by atoms with E-state index in [9.17, 15) is 14.0 Å². The third-order valence-corrected chi connectivity index (χ3v) is 4.00. The molecule has 2 aromatic rings. The van der Waals surface area contributed by atoms with Gasteiger partial charge in [0.05, 0.1) is 24.4 Å². The number of nitrogens with zero attached hydrogens (tertiary/aromatic N) is 1. The first-order chi connectivity index (χ1) is 11.6. The van der Waals surface area contributed by atoms with Gasteiger partial charge < -0.3 is 15.0 Å². The third-order valence-electron chi connectivity index (χ3n) is 4.00. The van der Waals surface area contributed by atoms with Gasteiger partial charge in [-0.2, -0.15) is 0 Å². The highest BCUT2D eigenvalue weighted by atomic mass is 19.1. The van der Waals surface area contributed by atoms with E-state index in [1.807, 2.05) is 6.07 Å². The van der Waals surface area contributed by atoms with Crippen LogP contribution in [0.1, 0.15) is 6.42 Å². The van der Waals surface area contributed by atoms with Crippen LogP contribution in [0.2, 0.25) is 0 Å². The molecule has 24 heavy (non-hydrogen) atoms. The molecule has 0 spiro atoms. The highest BCUT2D eigenvalue weighted by Crippen LogP contribution is 2.33. The first kappa shape index (κ1) is 16.0. The van der Waals surface area contributed by atoms with Crippen LogP contribution >= 0.6 is 0 Å². The van der Waals surface area contributed by atoms with Crippen LogP contribution in [-0.2, 0) is 9.59 Å². The molecule has 2 aromatic carbocycles. The topological polar surface area (TPSA) is 58.6 Å². The van der Waals surface area contributed by atoms with E-state index in [-0.39, 0.29) is 30.5 Å². The first-order valence-corrected chi connectivity index (χ1v) is 7.59. The lowest BCUT2D eigenvalue weighted by atomic mass is 10.1. The lowest BCUT2D eigenvalue weighted by Gasteiger charge is -2.19. The van der Waals surface area contributed by atoms with Gasteiger partial charge in [-0.25, -0.2) is 4.39 Å². The first-order valence-electron chi connectivity index (χ1n) is 7.59. The van der Waals surface area contributed by atoms with Crippen molar-refractivity contribution in [2.24, 2.45) is 5.92 Å². The van der Waals surface area contributed by atoms with Crippen molar-refractivity contribution in [2.75, 3.05) is 23.9 Å². The van der Waals surface area contributed by atoms with Crippen molar-refractivity contribution in [3.05, 3.63) is 54.3 Å². The van der Waals surface area contributed by atoms with Crippen molar-refractivity contribution in [2.45, 2.75) is 6.42 Å². The molecule has 0 radical (unpaired) electrons. The molecule has 2 amide bonds. The fourth-order valence-corrected chi connectivity index (χ4v) is 2.77. The van der Waals surface area contributed by atoms with E-state index in [1.165, 1.54) is 24.1 Å². The number of carbonyl (C=O) groups is 2. The Morgan fingerprint density at radius 2 is 1.92 bits per heavy atom. The minimum absolute atomic E-state index is 0.0817. The molecule has 0 aliphatic carbocycles. The van der Waals surface area contributed by atoms with Crippen LogP contribution in [0.4, 0.5) is 15.8 Å². The molecule has 1 atom stereocenters. The lowest BCUT2D eigenvalue weighted by molar-refractivity contribution is -0.122. The summed E-state index contributed by atoms with van der Waals surface area (Å²) in [7, 11) is 1.53. The predicted molar refractivity (Wildman–Crippen MR) is 88.5 cm³/mol. The third kappa shape index (κ3) is 3.08. The average molecular weight is 328 g/mol. The Balaban J connectivity index is 1.75. The summed E-state index contributed by atoms with van der Waals surface area (Å²) in [5, 5.41) is 2.55. The monoisotopic (exact) mass is 328 g/mol. The van der Waals surface area contributed by atoms with Gasteiger partial charge in [-0.1, -0.05) is 24.3 Å². The molecule has 1 heterocycles. The molecular formula is C18H17FN2O3. The minimum atomic E-state index is -0.540. The Hall–Kier alpha value is -2.89. The van der Waals surface area contributed by atoms with E-state index in [1.54, 1.807) is 30.3 Å². The smallest absolute Gasteiger partial charge is 0.229 e. The number of hydrogen-bond donors (Lipinski definition) is 1. The molecule has 0 saturated carbocycles. The zero-order chi connectivity index (χ0) is 17.1. The van der Waals surface area contributed by atoms with Gasteiger partial charge in [-0.15, -0.1) is 0 Å². The van der Waals surface area contributed by atoms with Crippen molar-refractivity contribution in [1.29, 1.82) is 0 Å². The van der Waals surface area contributed by atoms with Gasteiger partial charge >= 0.3 is 0 Å². The quantitative estimate of drug-likeness (QED) is 0.939. The van der Waals surface area contributed by atoms with E-state index in [4.69, 9.17) is 4.74 Å². The van der Waals surface area contributed by atoms with Crippen molar-refractivity contribution >= 4 is 23.2 Å². The van der Waals surface area contributed by atoms with Crippen molar-refractivity contribution in [1.82, 2.24) is 0 Å². The summed E-state index contributed by atoms with van der Waals surface area (Å²) in [6.45, 7) is 0.236. The maximum absolute atomic E-state index is 13.6. The van der Waals surface area contributed by atoms with Crippen LogP contribution in [0, 0.1) is 11.7 Å². The number of para-hydroxylation sites is 3. The standard InChI is InChI=1S/C18H17FN2O3/c1-24-16-9-5-4-8-15(16)21-11-12(10-17(21)22)18(23)20-14-7-3-2-6-13(14)19/h2-9,12H,10-11H2,1H3,(H,20,23)/t12-/m1/s1. The molecule has 0 bridgehead atoms. The van der Waals surface area contributed by atoms with Gasteiger partial charge in [0.15, 0.2) is 0 Å². The minimum Gasteiger partial charge on any atom is -0.495 e. The number of carbonyl (C=O) groups excluding carboxylic acids is 2. The van der Waals surface area contributed by atoms with E-state index in [0.29, 0.717) is 11.4 Å². The number of methoxy groups -OCH3 is 1. The largest absolute Gasteiger partial charge is 0.495 e. The van der Waals surface area contributed by atoms with Gasteiger partial charge in [0.1, 0.15) is 11.6 Å². The fourth-order valence-electron chi connectivity index (χ4n) is 2.77. The molecule has 5 nitrogen and oxygen atoms in total. The number of halogens is 1. The van der Waals surface area contributed by atoms with Crippen molar-refractivity contribution < 1.29 is 18.7 Å². The lowest BCUT2D eigenvalue weighted by Crippen LogP contribution is -2.28. The van der Waals surface area contributed by atoms with Crippen LogP contribution in [-0.4, -0.2) is 25.5 Å². The maximum atomic E-state index is 13.6. The zero-order valence-electron chi connectivity index (χ0n) is 13.2. The zero-order valence-corrected chi connectivity index (χ0v) is 13.2. The molecule has 1 aliphatic heterocycles. The number of rotatable bonds is 4. The Morgan fingerprint density at radius 1 is 1.21 bits per heavy atom. The molecule has 0 aromatic heterocycles. The van der Waals surface area contributed by atoms with Crippen molar-refractivity contribution in [3.8, 4) is 5.75 Å². The summed E-state index contributed by atoms with van der Waals surface area (Å²) < 4.78 is 18.9. The molecular weight excluding hydrogens is 311 g/mol. The van der Waals surface area contributed by atoms with E-state index < -0.39 is 11.7 Å². The van der Waals surface area contributed by atoms with E-state index >= 15 is 0 Å². The summed E-state index contributed by atoms with van der Waals surface area (Å²) in [5.41, 5.74) is 0.747. The number of hydrogen-bond acceptors (Lipinski definition) is 3. The van der Waals surface area contributed by atoms with Crippen LogP contribution in [0.5, 0.6) is 5.75 Å². The highest BCUT2D eigenvalue weighted by molar-refractivity contribution is 6.04. The number of benzene rings is 2. The van der Waals surface area contributed by atoms with Gasteiger partial charge in [-0.05, 0) is 24.3 Å². The fraction of sp³-hybridized carbons (Fsp3) is 0.222. The Morgan fingerprint density at radius 3 is 2.67 bits per heavy atom. The molecule has 1 aliphatic rings. The van der Waals surface area contributed by atoms with E-state index in [0.717, 1.165) is 0 Å². The SMILES string of the molecule is COc1ccccc1N1C[C@H](C(=O)Nc2ccccc2F)CC1=O. The Bertz CT molecular complexity index is 778. The number of ether oxygens (including phenoxy) is 1. The number of amides is 2. The van der Waals surface area contributed by atoms with Gasteiger partial charge in [0.2, 0.25) is 11.8 Å². The normalized spacial score (nSPS) is 17.0. The Kier molecular flexibility index (Phi) is 4.46. The van der Waals surface area contributed by atoms with Gasteiger partial charge in [0.25, 0.3) is 0 Å². The summed E-state index contributed by atoms with van der Waals surface area (Å²) >= 11 is 0. The molecule has 1 saturated heterocycles. The number of anilines is 2. The summed E-state index contributed by atoms with van der Waals surface area (Å²) in [5.74, 6) is -1.00. The highest BCUT2D eigenvalue weighted by Gasteiger charge is 2.36. The molecule has 0 unspecified atom stereocenters. The van der Waals surface area contributed by atoms with Crippen LogP contribution in [0.3, 0.4) is 0 Å². The second-order valence-electron chi connectivity index (χ2n) is 5.55. The molecule has 3 rings (SSSR count). The molecule has 1 N–H and O–H groups in total. The Labute approximate surface area is 139 Å². The average Bonchev–Trinajstić information content (AvgIpc) is 2.98. The van der Waals surface area contributed by atoms with Gasteiger partial charge in [-0.3, -0.25) is 9.59 Å². The molecule has 1 fully saturated rings. The second-order valence-corrected chi connectivity index (χ2v) is 5.55. The number of nitrogens with one attached hydrogen (secondary N) is 1. The summed E-state index contributed by atoms with van der Waals surface area (Å²) in [4.78, 5) is 26.2. The summed E-state index contributed by atoms with van der Waals surface area (Å²) in [6.07, 6.45) is 0.0817. The van der Waals surface area contributed by atoms with Gasteiger partial charge in [0, 0.05) is 13.0 Å².